The van der Waals surface area contributed by atoms with Gasteiger partial charge in [0.25, 0.3) is 0 Å². The maximum absolute atomic E-state index is 13.9. The van der Waals surface area contributed by atoms with Crippen molar-refractivity contribution in [3.8, 4) is 11.8 Å². The Kier molecular flexibility index (Phi) is 6.52. The van der Waals surface area contributed by atoms with E-state index < -0.39 is 5.82 Å². The van der Waals surface area contributed by atoms with Crippen LogP contribution < -0.4 is 5.73 Å². The summed E-state index contributed by atoms with van der Waals surface area (Å²) >= 11 is 0. The van der Waals surface area contributed by atoms with Crippen LogP contribution in [0.2, 0.25) is 0 Å². The SMILES string of the molecule is Cl.Cl.N#Cc1c(F)ccc2nc(CCN)n(-c3ccccc3)c12. The summed E-state index contributed by atoms with van der Waals surface area (Å²) in [5.41, 5.74) is 7.57. The first kappa shape index (κ1) is 18.9. The molecule has 0 saturated carbocycles. The van der Waals surface area contributed by atoms with Gasteiger partial charge >= 0.3 is 0 Å². The summed E-state index contributed by atoms with van der Waals surface area (Å²) < 4.78 is 15.7. The van der Waals surface area contributed by atoms with Crippen LogP contribution in [0, 0.1) is 17.1 Å². The van der Waals surface area contributed by atoms with Gasteiger partial charge in [-0.05, 0) is 30.8 Å². The van der Waals surface area contributed by atoms with E-state index in [4.69, 9.17) is 5.73 Å². The average Bonchev–Trinajstić information content (AvgIpc) is 2.87. The molecule has 0 aliphatic rings. The molecule has 1 heterocycles. The maximum Gasteiger partial charge on any atom is 0.143 e. The van der Waals surface area contributed by atoms with Gasteiger partial charge in [0.05, 0.1) is 11.0 Å². The van der Waals surface area contributed by atoms with Gasteiger partial charge in [-0.15, -0.1) is 24.8 Å². The van der Waals surface area contributed by atoms with E-state index in [1.165, 1.54) is 6.07 Å². The number of nitrogens with zero attached hydrogens (tertiary/aromatic N) is 3. The molecule has 23 heavy (non-hydrogen) atoms. The first-order valence-corrected chi connectivity index (χ1v) is 6.61. The highest BCUT2D eigenvalue weighted by atomic mass is 35.5. The number of hydrogen-bond acceptors (Lipinski definition) is 3. The van der Waals surface area contributed by atoms with Crippen molar-refractivity contribution in [2.24, 2.45) is 5.73 Å². The predicted molar refractivity (Wildman–Crippen MR) is 93.0 cm³/mol. The number of nitrogens with two attached hydrogens (primary N) is 1. The topological polar surface area (TPSA) is 67.6 Å². The van der Waals surface area contributed by atoms with Crippen molar-refractivity contribution in [1.29, 1.82) is 5.26 Å². The summed E-state index contributed by atoms with van der Waals surface area (Å²) in [5.74, 6) is 0.183. The zero-order chi connectivity index (χ0) is 14.8. The summed E-state index contributed by atoms with van der Waals surface area (Å²) in [4.78, 5) is 4.49. The zero-order valence-electron chi connectivity index (χ0n) is 12.1. The molecular weight excluding hydrogens is 338 g/mol. The lowest BCUT2D eigenvalue weighted by atomic mass is 10.2. The van der Waals surface area contributed by atoms with Crippen molar-refractivity contribution >= 4 is 35.8 Å². The van der Waals surface area contributed by atoms with E-state index in [9.17, 15) is 9.65 Å². The monoisotopic (exact) mass is 352 g/mol. The Morgan fingerprint density at radius 3 is 2.43 bits per heavy atom. The van der Waals surface area contributed by atoms with Gasteiger partial charge in [-0.1, -0.05) is 18.2 Å². The third-order valence-electron chi connectivity index (χ3n) is 3.33. The van der Waals surface area contributed by atoms with Crippen LogP contribution in [0.15, 0.2) is 42.5 Å². The van der Waals surface area contributed by atoms with Gasteiger partial charge in [0, 0.05) is 12.1 Å². The zero-order valence-corrected chi connectivity index (χ0v) is 13.7. The molecule has 0 unspecified atom stereocenters. The number of rotatable bonds is 3. The molecule has 3 aromatic rings. The Morgan fingerprint density at radius 1 is 1.13 bits per heavy atom. The van der Waals surface area contributed by atoms with Crippen molar-refractivity contribution in [1.82, 2.24) is 9.55 Å². The van der Waals surface area contributed by atoms with Crippen LogP contribution in [-0.2, 0) is 6.42 Å². The van der Waals surface area contributed by atoms with Crippen molar-refractivity contribution in [2.45, 2.75) is 6.42 Å². The molecule has 1 aromatic heterocycles. The van der Waals surface area contributed by atoms with Crippen LogP contribution in [0.5, 0.6) is 0 Å². The van der Waals surface area contributed by atoms with Crippen molar-refractivity contribution in [3.63, 3.8) is 0 Å². The number of fused-ring (bicyclic) bond motifs is 1. The number of nitriles is 1. The molecule has 7 heteroatoms. The molecule has 3 rings (SSSR count). The Morgan fingerprint density at radius 2 is 1.83 bits per heavy atom. The third-order valence-corrected chi connectivity index (χ3v) is 3.33. The van der Waals surface area contributed by atoms with Gasteiger partial charge in [-0.3, -0.25) is 4.57 Å². The van der Waals surface area contributed by atoms with Crippen molar-refractivity contribution < 1.29 is 4.39 Å². The Labute approximate surface area is 145 Å². The first-order chi connectivity index (χ1) is 10.3. The number of hydrogen-bond donors (Lipinski definition) is 1. The van der Waals surface area contributed by atoms with Crippen LogP contribution in [0.1, 0.15) is 11.4 Å². The van der Waals surface area contributed by atoms with E-state index in [-0.39, 0.29) is 30.4 Å². The lowest BCUT2D eigenvalue weighted by molar-refractivity contribution is 0.625. The van der Waals surface area contributed by atoms with E-state index >= 15 is 0 Å². The smallest absolute Gasteiger partial charge is 0.143 e. The standard InChI is InChI=1S/C16H13FN4.2ClH/c17-13-6-7-14-16(12(13)10-19)21(15(20-14)8-9-18)11-4-2-1-3-5-11;;/h1-7H,8-9,18H2;2*1H. The first-order valence-electron chi connectivity index (χ1n) is 6.61. The minimum atomic E-state index is -0.540. The molecule has 0 atom stereocenters. The summed E-state index contributed by atoms with van der Waals surface area (Å²) in [7, 11) is 0. The van der Waals surface area contributed by atoms with E-state index in [2.05, 4.69) is 4.98 Å². The van der Waals surface area contributed by atoms with E-state index in [0.717, 1.165) is 11.5 Å². The van der Waals surface area contributed by atoms with Crippen LogP contribution in [0.3, 0.4) is 0 Å². The molecule has 0 saturated heterocycles. The summed E-state index contributed by atoms with van der Waals surface area (Å²) in [6.45, 7) is 0.431. The van der Waals surface area contributed by atoms with Crippen molar-refractivity contribution in [2.75, 3.05) is 6.54 Å². The minimum Gasteiger partial charge on any atom is -0.330 e. The Hall–Kier alpha value is -2.13. The minimum absolute atomic E-state index is 0. The normalized spacial score (nSPS) is 9.78. The van der Waals surface area contributed by atoms with Crippen LogP contribution in [-0.4, -0.2) is 16.1 Å². The second kappa shape index (κ2) is 7.93. The molecule has 120 valence electrons. The fourth-order valence-corrected chi connectivity index (χ4v) is 2.45. The number of aromatic nitrogens is 2. The number of halogens is 3. The van der Waals surface area contributed by atoms with Gasteiger partial charge < -0.3 is 5.73 Å². The van der Waals surface area contributed by atoms with E-state index in [0.29, 0.717) is 24.0 Å². The highest BCUT2D eigenvalue weighted by Crippen LogP contribution is 2.26. The van der Waals surface area contributed by atoms with Gasteiger partial charge in [-0.25, -0.2) is 9.37 Å². The largest absolute Gasteiger partial charge is 0.330 e. The Bertz CT molecular complexity index is 841. The van der Waals surface area contributed by atoms with E-state index in [1.54, 1.807) is 6.07 Å². The van der Waals surface area contributed by atoms with Gasteiger partial charge in [0.15, 0.2) is 0 Å². The van der Waals surface area contributed by atoms with Crippen LogP contribution in [0.25, 0.3) is 16.7 Å². The molecule has 2 N–H and O–H groups in total. The molecule has 0 aliphatic heterocycles. The molecule has 0 bridgehead atoms. The molecule has 0 radical (unpaired) electrons. The second-order valence-electron chi connectivity index (χ2n) is 4.64. The summed E-state index contributed by atoms with van der Waals surface area (Å²) in [6, 6.07) is 14.3. The predicted octanol–water partition coefficient (Wildman–Crippen LogP) is 3.38. The molecule has 0 fully saturated rings. The fraction of sp³-hybridized carbons (Fsp3) is 0.125. The highest BCUT2D eigenvalue weighted by molar-refractivity contribution is 5.86. The number of para-hydroxylation sites is 1. The molecule has 2 aromatic carbocycles. The quantitative estimate of drug-likeness (QED) is 0.785. The van der Waals surface area contributed by atoms with Gasteiger partial charge in [0.1, 0.15) is 23.3 Å². The van der Waals surface area contributed by atoms with E-state index in [1.807, 2.05) is 41.0 Å². The van der Waals surface area contributed by atoms with Crippen molar-refractivity contribution in [3.05, 3.63) is 59.7 Å². The number of benzene rings is 2. The number of imidazole rings is 1. The van der Waals surface area contributed by atoms with Gasteiger partial charge in [-0.2, -0.15) is 5.26 Å². The molecule has 0 spiro atoms. The van der Waals surface area contributed by atoms with Crippen LogP contribution in [0.4, 0.5) is 4.39 Å². The fourth-order valence-electron chi connectivity index (χ4n) is 2.45. The maximum atomic E-state index is 13.9. The lowest BCUT2D eigenvalue weighted by Gasteiger charge is -2.09. The molecule has 0 amide bonds. The lowest BCUT2D eigenvalue weighted by Crippen LogP contribution is -2.09. The summed E-state index contributed by atoms with van der Waals surface area (Å²) in [6.07, 6.45) is 0.552. The highest BCUT2D eigenvalue weighted by Gasteiger charge is 2.17. The second-order valence-corrected chi connectivity index (χ2v) is 4.64. The molecule has 0 aliphatic carbocycles. The van der Waals surface area contributed by atoms with Gasteiger partial charge in [0.2, 0.25) is 0 Å². The van der Waals surface area contributed by atoms with Crippen LogP contribution >= 0.6 is 24.8 Å². The molecule has 4 nitrogen and oxygen atoms in total. The summed E-state index contributed by atoms with van der Waals surface area (Å²) in [5, 5.41) is 9.27. The Balaban J connectivity index is 0.00000132. The average molecular weight is 353 g/mol. The third kappa shape index (κ3) is 3.30. The molecular formula is C16H15Cl2FN4.